The molecule has 0 spiro atoms. The van der Waals surface area contributed by atoms with Crippen molar-refractivity contribution in [2.45, 2.75) is 59.3 Å². The molecule has 3 rings (SSSR count). The summed E-state index contributed by atoms with van der Waals surface area (Å²) in [5.74, 6) is 0.916. The minimum absolute atomic E-state index is 0.371. The number of nitrogens with one attached hydrogen (secondary N) is 1. The van der Waals surface area contributed by atoms with Crippen LogP contribution in [-0.4, -0.2) is 39.4 Å². The zero-order valence-corrected chi connectivity index (χ0v) is 17.8. The highest BCUT2D eigenvalue weighted by atomic mass is 32.1. The number of rotatable bonds is 8. The number of amides is 1. The second kappa shape index (κ2) is 8.87. The molecule has 3 aromatic rings. The highest BCUT2D eigenvalue weighted by molar-refractivity contribution is 7.18. The number of unbranched alkanes of at least 4 members (excludes halogenated alkanes) is 1. The number of carbonyl (C=O) groups is 1. The fraction of sp³-hybridized carbons (Fsp3) is 0.550. The number of imidazole rings is 1. The average Bonchev–Trinajstić information content (AvgIpc) is 3.21. The summed E-state index contributed by atoms with van der Waals surface area (Å²) in [4.78, 5) is 21.0. The summed E-state index contributed by atoms with van der Waals surface area (Å²) in [6.07, 6.45) is 3.23. The Kier molecular flexibility index (Phi) is 6.51. The van der Waals surface area contributed by atoms with E-state index in [2.05, 4.69) is 20.2 Å². The number of fused-ring (bicyclic) bond motifs is 3. The number of hydrogen-bond acceptors (Lipinski definition) is 6. The van der Waals surface area contributed by atoms with Crippen molar-refractivity contribution in [1.82, 2.24) is 19.9 Å². The molecule has 7 nitrogen and oxygen atoms in total. The Morgan fingerprint density at radius 2 is 2.11 bits per heavy atom. The third kappa shape index (κ3) is 4.99. The van der Waals surface area contributed by atoms with Crippen LogP contribution in [0.5, 0.6) is 0 Å². The van der Waals surface area contributed by atoms with Crippen LogP contribution in [0.25, 0.3) is 21.3 Å². The predicted octanol–water partition coefficient (Wildman–Crippen LogP) is 4.49. The van der Waals surface area contributed by atoms with Crippen LogP contribution in [0.4, 0.5) is 4.79 Å². The van der Waals surface area contributed by atoms with Gasteiger partial charge in [0.1, 0.15) is 23.5 Å². The molecule has 0 aliphatic heterocycles. The summed E-state index contributed by atoms with van der Waals surface area (Å²) in [7, 11) is 0. The highest BCUT2D eigenvalue weighted by Crippen LogP contribution is 2.29. The Balaban J connectivity index is 1.67. The van der Waals surface area contributed by atoms with Gasteiger partial charge < -0.3 is 19.4 Å². The zero-order chi connectivity index (χ0) is 20.1. The molecule has 28 heavy (non-hydrogen) atoms. The minimum atomic E-state index is -0.478. The van der Waals surface area contributed by atoms with Gasteiger partial charge in [-0.3, -0.25) is 4.98 Å². The third-order valence-electron chi connectivity index (χ3n) is 4.17. The van der Waals surface area contributed by atoms with E-state index in [9.17, 15) is 4.79 Å². The first-order chi connectivity index (χ1) is 13.4. The van der Waals surface area contributed by atoms with Crippen molar-refractivity contribution in [1.29, 1.82) is 0 Å². The molecule has 3 aromatic heterocycles. The van der Waals surface area contributed by atoms with E-state index in [1.54, 1.807) is 11.3 Å². The van der Waals surface area contributed by atoms with Gasteiger partial charge in [-0.25, -0.2) is 9.78 Å². The second-order valence-electron chi connectivity index (χ2n) is 7.58. The van der Waals surface area contributed by atoms with Crippen molar-refractivity contribution in [2.75, 3.05) is 13.2 Å². The summed E-state index contributed by atoms with van der Waals surface area (Å²) >= 11 is 1.68. The summed E-state index contributed by atoms with van der Waals surface area (Å²) < 4.78 is 14.3. The lowest BCUT2D eigenvalue weighted by molar-refractivity contribution is 0.0527. The molecule has 0 bridgehead atoms. The van der Waals surface area contributed by atoms with Crippen molar-refractivity contribution in [3.05, 3.63) is 23.5 Å². The number of hydrogen-bond donors (Lipinski definition) is 1. The van der Waals surface area contributed by atoms with Gasteiger partial charge >= 0.3 is 6.09 Å². The molecule has 0 radical (unpaired) electrons. The first-order valence-corrected chi connectivity index (χ1v) is 10.5. The van der Waals surface area contributed by atoms with Crippen molar-refractivity contribution in [3.8, 4) is 0 Å². The quantitative estimate of drug-likeness (QED) is 0.560. The van der Waals surface area contributed by atoms with Crippen molar-refractivity contribution in [3.63, 3.8) is 0 Å². The zero-order valence-electron chi connectivity index (χ0n) is 16.9. The second-order valence-corrected chi connectivity index (χ2v) is 8.50. The Morgan fingerprint density at radius 3 is 2.86 bits per heavy atom. The van der Waals surface area contributed by atoms with Gasteiger partial charge in [-0.15, -0.1) is 11.3 Å². The van der Waals surface area contributed by atoms with Crippen LogP contribution in [0.15, 0.2) is 17.6 Å². The van der Waals surface area contributed by atoms with Crippen LogP contribution in [-0.2, 0) is 22.6 Å². The molecule has 3 heterocycles. The van der Waals surface area contributed by atoms with Crippen molar-refractivity contribution in [2.24, 2.45) is 0 Å². The van der Waals surface area contributed by atoms with Gasteiger partial charge in [0.2, 0.25) is 0 Å². The molecule has 152 valence electrons. The third-order valence-corrected chi connectivity index (χ3v) is 5.08. The Hall–Kier alpha value is -2.19. The topological polar surface area (TPSA) is 78.3 Å². The van der Waals surface area contributed by atoms with Crippen LogP contribution in [0, 0.1) is 0 Å². The molecule has 0 saturated heterocycles. The average molecular weight is 405 g/mol. The summed E-state index contributed by atoms with van der Waals surface area (Å²) in [6.45, 7) is 10.1. The standard InChI is InChI=1S/C20H28N4O3S/c1-5-26-13-16-23-15-12-22-14-8-11-28-18(14)17(15)24(16)10-7-6-9-21-19(25)27-20(2,3)4/h8,11-12H,5-7,9-10,13H2,1-4H3,(H,21,25). The van der Waals surface area contributed by atoms with Crippen LogP contribution in [0.2, 0.25) is 0 Å². The largest absolute Gasteiger partial charge is 0.444 e. The van der Waals surface area contributed by atoms with Gasteiger partial charge in [-0.2, -0.15) is 0 Å². The number of thiophene rings is 1. The van der Waals surface area contributed by atoms with Crippen molar-refractivity contribution >= 4 is 38.7 Å². The maximum absolute atomic E-state index is 11.7. The van der Waals surface area contributed by atoms with E-state index in [0.29, 0.717) is 19.8 Å². The summed E-state index contributed by atoms with van der Waals surface area (Å²) in [5.41, 5.74) is 2.54. The van der Waals surface area contributed by atoms with Gasteiger partial charge in [0.25, 0.3) is 0 Å². The SMILES string of the molecule is CCOCc1nc2cnc3ccsc3c2n1CCCCNC(=O)OC(C)(C)C. The van der Waals surface area contributed by atoms with Gasteiger partial charge in [0, 0.05) is 19.7 Å². The van der Waals surface area contributed by atoms with Crippen LogP contribution in [0.3, 0.4) is 0 Å². The van der Waals surface area contributed by atoms with E-state index in [1.807, 2.05) is 40.0 Å². The van der Waals surface area contributed by atoms with Crippen LogP contribution >= 0.6 is 11.3 Å². The number of ether oxygens (including phenoxy) is 2. The van der Waals surface area contributed by atoms with Gasteiger partial charge in [0.05, 0.1) is 21.9 Å². The van der Waals surface area contributed by atoms with Crippen LogP contribution < -0.4 is 5.32 Å². The molecule has 0 saturated carbocycles. The van der Waals surface area contributed by atoms with E-state index in [4.69, 9.17) is 14.5 Å². The number of aryl methyl sites for hydroxylation is 1. The lowest BCUT2D eigenvalue weighted by atomic mass is 10.2. The maximum Gasteiger partial charge on any atom is 0.407 e. The summed E-state index contributed by atoms with van der Waals surface area (Å²) in [6, 6.07) is 2.03. The molecule has 0 fully saturated rings. The van der Waals surface area contributed by atoms with E-state index < -0.39 is 5.60 Å². The fourth-order valence-electron chi connectivity index (χ4n) is 3.00. The van der Waals surface area contributed by atoms with Gasteiger partial charge in [0.15, 0.2) is 0 Å². The lowest BCUT2D eigenvalue weighted by Crippen LogP contribution is -2.33. The molecule has 0 aliphatic carbocycles. The Morgan fingerprint density at radius 1 is 1.29 bits per heavy atom. The van der Waals surface area contributed by atoms with E-state index in [-0.39, 0.29) is 6.09 Å². The first-order valence-electron chi connectivity index (χ1n) is 9.65. The molecule has 1 amide bonds. The smallest absolute Gasteiger partial charge is 0.407 e. The number of carbonyl (C=O) groups excluding carboxylic acids is 1. The fourth-order valence-corrected chi connectivity index (χ4v) is 3.91. The molecular formula is C20H28N4O3S. The Bertz CT molecular complexity index is 942. The van der Waals surface area contributed by atoms with Gasteiger partial charge in [-0.1, -0.05) is 0 Å². The normalized spacial score (nSPS) is 12.0. The number of pyridine rings is 1. The first kappa shape index (κ1) is 20.5. The number of nitrogens with zero attached hydrogens (tertiary/aromatic N) is 3. The monoisotopic (exact) mass is 404 g/mol. The maximum atomic E-state index is 11.7. The number of alkyl carbamates (subject to hydrolysis) is 1. The molecule has 8 heteroatoms. The highest BCUT2D eigenvalue weighted by Gasteiger charge is 2.16. The molecule has 0 aliphatic rings. The van der Waals surface area contributed by atoms with E-state index in [1.165, 1.54) is 0 Å². The number of aromatic nitrogens is 3. The lowest BCUT2D eigenvalue weighted by Gasteiger charge is -2.19. The molecular weight excluding hydrogens is 376 g/mol. The minimum Gasteiger partial charge on any atom is -0.444 e. The van der Waals surface area contributed by atoms with Crippen molar-refractivity contribution < 1.29 is 14.3 Å². The van der Waals surface area contributed by atoms with E-state index in [0.717, 1.165) is 46.5 Å². The van der Waals surface area contributed by atoms with Crippen LogP contribution in [0.1, 0.15) is 46.4 Å². The van der Waals surface area contributed by atoms with E-state index >= 15 is 0 Å². The molecule has 1 N–H and O–H groups in total. The van der Waals surface area contributed by atoms with Gasteiger partial charge in [-0.05, 0) is 52.0 Å². The Labute approximate surface area is 169 Å². The molecule has 0 atom stereocenters. The predicted molar refractivity (Wildman–Crippen MR) is 112 cm³/mol. The summed E-state index contributed by atoms with van der Waals surface area (Å²) in [5, 5.41) is 4.87. The molecule has 0 aromatic carbocycles. The molecule has 0 unspecified atom stereocenters.